The molecule has 5 rings (SSSR count). The second-order valence-electron chi connectivity index (χ2n) is 8.08. The average Bonchev–Trinajstić information content (AvgIpc) is 3.46. The van der Waals surface area contributed by atoms with Crippen LogP contribution in [0.4, 0.5) is 14.6 Å². The molecule has 3 atom stereocenters. The number of rotatable bonds is 5. The molecule has 1 aliphatic carbocycles. The molecule has 0 spiro atoms. The number of aromatic amines is 1. The van der Waals surface area contributed by atoms with Gasteiger partial charge in [0.2, 0.25) is 5.91 Å². The van der Waals surface area contributed by atoms with Crippen molar-refractivity contribution in [2.24, 2.45) is 11.8 Å². The first-order valence-electron chi connectivity index (χ1n) is 10.3. The highest BCUT2D eigenvalue weighted by Gasteiger charge is 2.48. The van der Waals surface area contributed by atoms with E-state index in [1.165, 1.54) is 0 Å². The zero-order valence-corrected chi connectivity index (χ0v) is 17.3. The molecular weight excluding hydrogens is 426 g/mol. The van der Waals surface area contributed by atoms with E-state index in [1.54, 1.807) is 30.7 Å². The van der Waals surface area contributed by atoms with E-state index in [4.69, 9.17) is 16.6 Å². The molecule has 1 saturated heterocycles. The van der Waals surface area contributed by atoms with Crippen molar-refractivity contribution in [3.63, 3.8) is 0 Å². The summed E-state index contributed by atoms with van der Waals surface area (Å²) in [6, 6.07) is 3.05. The molecule has 7 nitrogen and oxygen atoms in total. The number of carbonyl (C=O) groups excluding carboxylic acids is 1. The van der Waals surface area contributed by atoms with Crippen molar-refractivity contribution >= 4 is 34.4 Å². The van der Waals surface area contributed by atoms with Gasteiger partial charge in [-0.3, -0.25) is 4.79 Å². The van der Waals surface area contributed by atoms with Crippen molar-refractivity contribution in [1.82, 2.24) is 25.3 Å². The lowest BCUT2D eigenvalue weighted by molar-refractivity contribution is -0.123. The van der Waals surface area contributed by atoms with Crippen LogP contribution in [0.1, 0.15) is 19.3 Å². The summed E-state index contributed by atoms with van der Waals surface area (Å²) in [6.07, 6.45) is 5.41. The van der Waals surface area contributed by atoms with Crippen LogP contribution in [-0.4, -0.2) is 51.4 Å². The number of anilines is 1. The highest BCUT2D eigenvalue weighted by atomic mass is 35.5. The van der Waals surface area contributed by atoms with Gasteiger partial charge in [0.25, 0.3) is 6.43 Å². The summed E-state index contributed by atoms with van der Waals surface area (Å²) in [7, 11) is 0. The fourth-order valence-electron chi connectivity index (χ4n) is 4.96. The highest BCUT2D eigenvalue weighted by molar-refractivity contribution is 6.31. The van der Waals surface area contributed by atoms with E-state index in [2.05, 4.69) is 20.3 Å². The molecule has 0 radical (unpaired) electrons. The number of pyridine rings is 1. The Balaban J connectivity index is 1.49. The molecule has 162 valence electrons. The lowest BCUT2D eigenvalue weighted by atomic mass is 9.93. The van der Waals surface area contributed by atoms with Gasteiger partial charge in [-0.15, -0.1) is 0 Å². The first-order chi connectivity index (χ1) is 15.0. The minimum atomic E-state index is -2.58. The van der Waals surface area contributed by atoms with Crippen molar-refractivity contribution in [2.75, 3.05) is 18.0 Å². The summed E-state index contributed by atoms with van der Waals surface area (Å²) in [5.74, 6) is 1.24. The van der Waals surface area contributed by atoms with E-state index in [9.17, 15) is 13.6 Å². The van der Waals surface area contributed by atoms with Gasteiger partial charge in [0.1, 0.15) is 17.5 Å². The van der Waals surface area contributed by atoms with Crippen LogP contribution in [0, 0.1) is 11.8 Å². The van der Waals surface area contributed by atoms with E-state index in [0.29, 0.717) is 34.8 Å². The predicted molar refractivity (Wildman–Crippen MR) is 113 cm³/mol. The summed E-state index contributed by atoms with van der Waals surface area (Å²) in [5.41, 5.74) is 1.43. The topological polar surface area (TPSA) is 86.8 Å². The normalized spacial score (nSPS) is 23.0. The van der Waals surface area contributed by atoms with E-state index in [0.717, 1.165) is 30.2 Å². The zero-order chi connectivity index (χ0) is 21.5. The maximum atomic E-state index is 12.8. The lowest BCUT2D eigenvalue weighted by Gasteiger charge is -2.28. The van der Waals surface area contributed by atoms with Gasteiger partial charge in [-0.25, -0.2) is 23.7 Å². The summed E-state index contributed by atoms with van der Waals surface area (Å²) < 4.78 is 25.3. The van der Waals surface area contributed by atoms with Crippen LogP contribution in [0.2, 0.25) is 5.02 Å². The van der Waals surface area contributed by atoms with Crippen LogP contribution >= 0.6 is 11.6 Å². The molecule has 1 aliphatic heterocycles. The SMILES string of the molecule is O=C(NCC(F)F)[C@H]1C2CCCC2CN1c1ccnc(-c2c[nH]c3ncc(Cl)cc23)n1. The maximum Gasteiger partial charge on any atom is 0.255 e. The first-order valence-corrected chi connectivity index (χ1v) is 10.7. The van der Waals surface area contributed by atoms with E-state index in [1.807, 2.05) is 4.90 Å². The second-order valence-corrected chi connectivity index (χ2v) is 8.52. The molecule has 1 saturated carbocycles. The van der Waals surface area contributed by atoms with Gasteiger partial charge in [-0.1, -0.05) is 18.0 Å². The molecule has 2 unspecified atom stereocenters. The number of hydrogen-bond donors (Lipinski definition) is 2. The number of halogens is 3. The quantitative estimate of drug-likeness (QED) is 0.624. The number of alkyl halides is 2. The minimum absolute atomic E-state index is 0.146. The van der Waals surface area contributed by atoms with Crippen LogP contribution in [-0.2, 0) is 4.79 Å². The standard InChI is InChI=1S/C21H21ClF2N6O/c22-12-6-14-15(8-27-19(14)26-7-12)20-25-5-4-17(29-20)30-10-11-2-1-3-13(11)18(30)21(31)28-9-16(23)24/h4-8,11,13,16,18H,1-3,9-10H2,(H,26,27)(H,28,31)/t11?,13?,18-/m1/s1. The Hall–Kier alpha value is -2.81. The molecule has 31 heavy (non-hydrogen) atoms. The third-order valence-electron chi connectivity index (χ3n) is 6.26. The molecule has 10 heteroatoms. The van der Waals surface area contributed by atoms with Crippen molar-refractivity contribution in [2.45, 2.75) is 31.7 Å². The number of amides is 1. The first kappa shape index (κ1) is 20.1. The van der Waals surface area contributed by atoms with Crippen LogP contribution in [0.5, 0.6) is 0 Å². The van der Waals surface area contributed by atoms with Crippen molar-refractivity contribution in [3.05, 3.63) is 35.7 Å². The third kappa shape index (κ3) is 3.71. The highest BCUT2D eigenvalue weighted by Crippen LogP contribution is 2.44. The van der Waals surface area contributed by atoms with Gasteiger partial charge in [0, 0.05) is 36.1 Å². The van der Waals surface area contributed by atoms with Gasteiger partial charge in [0.05, 0.1) is 11.6 Å². The molecular formula is C21H21ClF2N6O. The van der Waals surface area contributed by atoms with Gasteiger partial charge < -0.3 is 15.2 Å². The van der Waals surface area contributed by atoms with Crippen molar-refractivity contribution < 1.29 is 13.6 Å². The fraction of sp³-hybridized carbons (Fsp3) is 0.429. The Morgan fingerprint density at radius 2 is 2.23 bits per heavy atom. The maximum absolute atomic E-state index is 12.8. The molecule has 1 amide bonds. The molecule has 3 aromatic heterocycles. The smallest absolute Gasteiger partial charge is 0.255 e. The number of hydrogen-bond acceptors (Lipinski definition) is 5. The molecule has 2 N–H and O–H groups in total. The number of H-pyrrole nitrogens is 1. The summed E-state index contributed by atoms with van der Waals surface area (Å²) >= 11 is 6.11. The summed E-state index contributed by atoms with van der Waals surface area (Å²) in [5, 5.41) is 3.71. The lowest BCUT2D eigenvalue weighted by Crippen LogP contribution is -2.47. The van der Waals surface area contributed by atoms with Crippen molar-refractivity contribution in [1.29, 1.82) is 0 Å². The molecule has 2 aliphatic rings. The van der Waals surface area contributed by atoms with Crippen LogP contribution in [0.25, 0.3) is 22.4 Å². The molecule has 4 heterocycles. The monoisotopic (exact) mass is 446 g/mol. The Kier molecular flexibility index (Phi) is 5.21. The number of nitrogens with zero attached hydrogens (tertiary/aromatic N) is 4. The average molecular weight is 447 g/mol. The number of fused-ring (bicyclic) bond motifs is 2. The van der Waals surface area contributed by atoms with E-state index < -0.39 is 19.0 Å². The fourth-order valence-corrected chi connectivity index (χ4v) is 5.12. The molecule has 2 fully saturated rings. The Labute approximate surface area is 182 Å². The van der Waals surface area contributed by atoms with Crippen molar-refractivity contribution in [3.8, 4) is 11.4 Å². The van der Waals surface area contributed by atoms with Gasteiger partial charge >= 0.3 is 0 Å². The Morgan fingerprint density at radius 3 is 3.06 bits per heavy atom. The summed E-state index contributed by atoms with van der Waals surface area (Å²) in [4.78, 5) is 31.3. The van der Waals surface area contributed by atoms with E-state index >= 15 is 0 Å². The second kappa shape index (κ2) is 8.03. The van der Waals surface area contributed by atoms with Crippen LogP contribution < -0.4 is 10.2 Å². The number of nitrogens with one attached hydrogen (secondary N) is 2. The Morgan fingerprint density at radius 1 is 1.35 bits per heavy atom. The largest absolute Gasteiger partial charge is 0.349 e. The number of carbonyl (C=O) groups is 1. The zero-order valence-electron chi connectivity index (χ0n) is 16.6. The van der Waals surface area contributed by atoms with Gasteiger partial charge in [-0.2, -0.15) is 0 Å². The van der Waals surface area contributed by atoms with Crippen LogP contribution in [0.15, 0.2) is 30.7 Å². The molecule has 0 bridgehead atoms. The molecule has 3 aromatic rings. The van der Waals surface area contributed by atoms with Crippen LogP contribution in [0.3, 0.4) is 0 Å². The summed E-state index contributed by atoms with van der Waals surface area (Å²) in [6.45, 7) is 0.0356. The predicted octanol–water partition coefficient (Wildman–Crippen LogP) is 3.66. The molecule has 0 aromatic carbocycles. The van der Waals surface area contributed by atoms with E-state index in [-0.39, 0.29) is 11.8 Å². The van der Waals surface area contributed by atoms with Gasteiger partial charge in [0.15, 0.2) is 5.82 Å². The minimum Gasteiger partial charge on any atom is -0.349 e. The third-order valence-corrected chi connectivity index (χ3v) is 6.47. The van der Waals surface area contributed by atoms with Gasteiger partial charge in [-0.05, 0) is 36.8 Å². The number of aromatic nitrogens is 4. The Bertz CT molecular complexity index is 1120.